The summed E-state index contributed by atoms with van der Waals surface area (Å²) in [6.07, 6.45) is 12.0. The van der Waals surface area contributed by atoms with Crippen LogP contribution in [0.15, 0.2) is 42.5 Å². The monoisotopic (exact) mass is 215 g/mol. The Morgan fingerprint density at radius 2 is 2.19 bits per heavy atom. The van der Waals surface area contributed by atoms with Crippen LogP contribution in [0.2, 0.25) is 0 Å². The van der Waals surface area contributed by atoms with Gasteiger partial charge in [0.25, 0.3) is 0 Å². The summed E-state index contributed by atoms with van der Waals surface area (Å²) in [5.41, 5.74) is 1.47. The Labute approximate surface area is 96.3 Å². The van der Waals surface area contributed by atoms with Crippen LogP contribution in [0.4, 0.5) is 5.82 Å². The first-order valence-corrected chi connectivity index (χ1v) is 5.55. The Morgan fingerprint density at radius 3 is 2.94 bits per heavy atom. The standard InChI is InChI=1S/C13H17N3/c1-13(2)7-3-4-11(5-8-13)16-12-6-9-14-10-15-12/h3-6,9-10H,7-8H2,1-2H3,(H,14,15,16). The van der Waals surface area contributed by atoms with Gasteiger partial charge in [-0.15, -0.1) is 0 Å². The molecule has 3 nitrogen and oxygen atoms in total. The van der Waals surface area contributed by atoms with Gasteiger partial charge in [0.2, 0.25) is 0 Å². The highest BCUT2D eigenvalue weighted by molar-refractivity contribution is 5.44. The van der Waals surface area contributed by atoms with Crippen molar-refractivity contribution in [1.82, 2.24) is 9.97 Å². The lowest BCUT2D eigenvalue weighted by Crippen LogP contribution is -2.07. The van der Waals surface area contributed by atoms with Crippen molar-refractivity contribution in [3.8, 4) is 0 Å². The van der Waals surface area contributed by atoms with Gasteiger partial charge < -0.3 is 5.32 Å². The van der Waals surface area contributed by atoms with Crippen LogP contribution < -0.4 is 5.32 Å². The van der Waals surface area contributed by atoms with Gasteiger partial charge in [0.1, 0.15) is 12.1 Å². The van der Waals surface area contributed by atoms with Crippen molar-refractivity contribution in [3.05, 3.63) is 42.5 Å². The normalized spacial score (nSPS) is 18.8. The molecule has 0 fully saturated rings. The van der Waals surface area contributed by atoms with Crippen molar-refractivity contribution >= 4 is 5.82 Å². The van der Waals surface area contributed by atoms with Gasteiger partial charge in [-0.2, -0.15) is 0 Å². The molecule has 1 aromatic heterocycles. The van der Waals surface area contributed by atoms with Crippen molar-refractivity contribution in [1.29, 1.82) is 0 Å². The smallest absolute Gasteiger partial charge is 0.133 e. The number of rotatable bonds is 2. The van der Waals surface area contributed by atoms with E-state index in [2.05, 4.69) is 47.4 Å². The van der Waals surface area contributed by atoms with Gasteiger partial charge >= 0.3 is 0 Å². The maximum Gasteiger partial charge on any atom is 0.133 e. The van der Waals surface area contributed by atoms with Crippen molar-refractivity contribution in [2.45, 2.75) is 26.7 Å². The van der Waals surface area contributed by atoms with Crippen molar-refractivity contribution in [2.24, 2.45) is 5.41 Å². The summed E-state index contributed by atoms with van der Waals surface area (Å²) in [6.45, 7) is 4.56. The summed E-state index contributed by atoms with van der Waals surface area (Å²) in [4.78, 5) is 8.03. The SMILES string of the molecule is CC1(C)CC=CC(Nc2ccncn2)=CC1. The average molecular weight is 215 g/mol. The molecule has 1 heterocycles. The molecule has 1 aliphatic carbocycles. The summed E-state index contributed by atoms with van der Waals surface area (Å²) < 4.78 is 0. The van der Waals surface area contributed by atoms with E-state index >= 15 is 0 Å². The topological polar surface area (TPSA) is 37.8 Å². The first-order chi connectivity index (χ1) is 7.66. The van der Waals surface area contributed by atoms with Crippen molar-refractivity contribution in [3.63, 3.8) is 0 Å². The molecule has 0 unspecified atom stereocenters. The van der Waals surface area contributed by atoms with E-state index in [1.807, 2.05) is 6.07 Å². The molecule has 1 N–H and O–H groups in total. The third-order valence-corrected chi connectivity index (χ3v) is 2.70. The minimum absolute atomic E-state index is 0.353. The highest BCUT2D eigenvalue weighted by Gasteiger charge is 2.16. The van der Waals surface area contributed by atoms with Crippen molar-refractivity contribution in [2.75, 3.05) is 5.32 Å². The van der Waals surface area contributed by atoms with E-state index in [4.69, 9.17) is 0 Å². The van der Waals surface area contributed by atoms with E-state index < -0.39 is 0 Å². The molecule has 2 rings (SSSR count). The Kier molecular flexibility index (Phi) is 3.04. The molecule has 0 saturated heterocycles. The molecule has 1 aliphatic rings. The summed E-state index contributed by atoms with van der Waals surface area (Å²) in [5.74, 6) is 0.839. The van der Waals surface area contributed by atoms with Gasteiger partial charge in [-0.25, -0.2) is 9.97 Å². The quantitative estimate of drug-likeness (QED) is 0.823. The van der Waals surface area contributed by atoms with Gasteiger partial charge in [0.15, 0.2) is 0 Å². The van der Waals surface area contributed by atoms with Crippen LogP contribution in [0.1, 0.15) is 26.7 Å². The fourth-order valence-corrected chi connectivity index (χ4v) is 1.65. The van der Waals surface area contributed by atoms with Gasteiger partial charge in [-0.1, -0.05) is 26.0 Å². The second kappa shape index (κ2) is 4.47. The molecule has 0 aromatic carbocycles. The number of hydrogen-bond donors (Lipinski definition) is 1. The predicted molar refractivity (Wildman–Crippen MR) is 65.9 cm³/mol. The number of aromatic nitrogens is 2. The van der Waals surface area contributed by atoms with E-state index in [-0.39, 0.29) is 0 Å². The number of hydrogen-bond acceptors (Lipinski definition) is 3. The predicted octanol–water partition coefficient (Wildman–Crippen LogP) is 3.15. The largest absolute Gasteiger partial charge is 0.340 e. The zero-order chi connectivity index (χ0) is 11.4. The number of anilines is 1. The minimum atomic E-state index is 0.353. The minimum Gasteiger partial charge on any atom is -0.340 e. The maximum absolute atomic E-state index is 4.14. The highest BCUT2D eigenvalue weighted by atomic mass is 15.0. The van der Waals surface area contributed by atoms with E-state index in [9.17, 15) is 0 Å². The van der Waals surface area contributed by atoms with Crippen LogP contribution in [0.3, 0.4) is 0 Å². The van der Waals surface area contributed by atoms with Crippen LogP contribution in [0.25, 0.3) is 0 Å². The number of allylic oxidation sites excluding steroid dienone is 3. The highest BCUT2D eigenvalue weighted by Crippen LogP contribution is 2.29. The second-order valence-corrected chi connectivity index (χ2v) is 4.85. The molecule has 0 aliphatic heterocycles. The van der Waals surface area contributed by atoms with E-state index in [1.165, 1.54) is 0 Å². The molecule has 0 amide bonds. The molecule has 3 heteroatoms. The molecule has 0 spiro atoms. The maximum atomic E-state index is 4.14. The zero-order valence-corrected chi connectivity index (χ0v) is 9.77. The molecule has 0 bridgehead atoms. The molecule has 16 heavy (non-hydrogen) atoms. The molecule has 0 atom stereocenters. The van der Waals surface area contributed by atoms with Gasteiger partial charge in [0.05, 0.1) is 0 Å². The summed E-state index contributed by atoms with van der Waals surface area (Å²) in [5, 5.41) is 3.28. The van der Waals surface area contributed by atoms with Crippen LogP contribution >= 0.6 is 0 Å². The average Bonchev–Trinajstić information content (AvgIpc) is 2.42. The molecular weight excluding hydrogens is 198 g/mol. The number of nitrogens with one attached hydrogen (secondary N) is 1. The van der Waals surface area contributed by atoms with Crippen LogP contribution in [0, 0.1) is 5.41 Å². The Morgan fingerprint density at radius 1 is 1.31 bits per heavy atom. The number of nitrogens with zero attached hydrogens (tertiary/aromatic N) is 2. The fourth-order valence-electron chi connectivity index (χ4n) is 1.65. The lowest BCUT2D eigenvalue weighted by atomic mass is 9.86. The van der Waals surface area contributed by atoms with E-state index in [0.29, 0.717) is 5.41 Å². The lowest BCUT2D eigenvalue weighted by molar-refractivity contribution is 0.378. The molecule has 0 radical (unpaired) electrons. The first kappa shape index (κ1) is 10.9. The van der Waals surface area contributed by atoms with Crippen LogP contribution in [0.5, 0.6) is 0 Å². The molecule has 0 saturated carbocycles. The third-order valence-electron chi connectivity index (χ3n) is 2.70. The molecule has 1 aromatic rings. The summed E-state index contributed by atoms with van der Waals surface area (Å²) >= 11 is 0. The van der Waals surface area contributed by atoms with E-state index in [1.54, 1.807) is 12.5 Å². The van der Waals surface area contributed by atoms with Gasteiger partial charge in [-0.3, -0.25) is 0 Å². The fraction of sp³-hybridized carbons (Fsp3) is 0.385. The Balaban J connectivity index is 2.09. The van der Waals surface area contributed by atoms with E-state index in [0.717, 1.165) is 24.4 Å². The lowest BCUT2D eigenvalue weighted by Gasteiger charge is -2.19. The van der Waals surface area contributed by atoms with Crippen LogP contribution in [-0.2, 0) is 0 Å². The Hall–Kier alpha value is -1.64. The van der Waals surface area contributed by atoms with Gasteiger partial charge in [0, 0.05) is 11.9 Å². The van der Waals surface area contributed by atoms with Gasteiger partial charge in [-0.05, 0) is 30.4 Å². The van der Waals surface area contributed by atoms with Crippen LogP contribution in [-0.4, -0.2) is 9.97 Å². The zero-order valence-electron chi connectivity index (χ0n) is 9.77. The molecule has 84 valence electrons. The Bertz CT molecular complexity index is 404. The third kappa shape index (κ3) is 2.92. The second-order valence-electron chi connectivity index (χ2n) is 4.85. The summed E-state index contributed by atoms with van der Waals surface area (Å²) in [7, 11) is 0. The first-order valence-electron chi connectivity index (χ1n) is 5.55. The van der Waals surface area contributed by atoms with Crippen molar-refractivity contribution < 1.29 is 0 Å². The molecular formula is C13H17N3. The summed E-state index contributed by atoms with van der Waals surface area (Å²) in [6, 6.07) is 1.87.